The summed E-state index contributed by atoms with van der Waals surface area (Å²) in [6.45, 7) is 0.430. The van der Waals surface area contributed by atoms with Gasteiger partial charge in [0.05, 0.1) is 6.04 Å². The van der Waals surface area contributed by atoms with Crippen LogP contribution >= 0.6 is 23.2 Å². The second-order valence-corrected chi connectivity index (χ2v) is 9.26. The Labute approximate surface area is 197 Å². The van der Waals surface area contributed by atoms with Crippen LogP contribution < -0.4 is 21.3 Å². The van der Waals surface area contributed by atoms with Crippen LogP contribution in [0.4, 0.5) is 0 Å². The number of carbonyl (C=O) groups excluding carboxylic acids is 2. The van der Waals surface area contributed by atoms with Gasteiger partial charge < -0.3 is 21.3 Å². The average Bonchev–Trinajstić information content (AvgIpc) is 3.72. The molecule has 4 aliphatic rings. The number of amides is 1. The van der Waals surface area contributed by atoms with Crippen LogP contribution in [0.25, 0.3) is 0 Å². The maximum atomic E-state index is 12.0. The number of amidine groups is 1. The largest absolute Gasteiger partial charge is 0.373 e. The fraction of sp³-hybridized carbons (Fsp3) is 0.435. The lowest BCUT2D eigenvalue weighted by Crippen LogP contribution is -2.46. The number of aliphatic imine (C=N–C) groups is 1. The van der Waals surface area contributed by atoms with Crippen LogP contribution in [0, 0.1) is 11.8 Å². The van der Waals surface area contributed by atoms with E-state index in [0.29, 0.717) is 34.0 Å². The minimum Gasteiger partial charge on any atom is -0.373 e. The molecule has 5 rings (SSSR count). The number of carbonyl (C=O) groups is 2. The van der Waals surface area contributed by atoms with E-state index in [1.165, 1.54) is 18.5 Å². The van der Waals surface area contributed by atoms with E-state index in [4.69, 9.17) is 23.2 Å². The monoisotopic (exact) mass is 475 g/mol. The highest BCUT2D eigenvalue weighted by Gasteiger charge is 2.35. The predicted molar refractivity (Wildman–Crippen MR) is 126 cm³/mol. The van der Waals surface area contributed by atoms with Gasteiger partial charge in [-0.3, -0.25) is 9.59 Å². The van der Waals surface area contributed by atoms with E-state index in [0.717, 1.165) is 30.5 Å². The molecule has 1 aromatic rings. The Balaban J connectivity index is 0.000000157. The summed E-state index contributed by atoms with van der Waals surface area (Å²) in [5, 5.41) is 13.6. The van der Waals surface area contributed by atoms with Crippen molar-refractivity contribution >= 4 is 41.2 Å². The lowest BCUT2D eigenvalue weighted by molar-refractivity contribution is -0.123. The molecule has 2 aliphatic heterocycles. The molecule has 7 nitrogen and oxygen atoms in total. The molecule has 0 spiro atoms. The first-order valence-electron chi connectivity index (χ1n) is 10.8. The van der Waals surface area contributed by atoms with Crippen LogP contribution in [0.5, 0.6) is 0 Å². The minimum atomic E-state index is -0.0870. The topological polar surface area (TPSA) is 94.6 Å². The van der Waals surface area contributed by atoms with Gasteiger partial charge in [0.25, 0.3) is 0 Å². The Kier molecular flexibility index (Phi) is 7.18. The molecule has 0 aromatic heterocycles. The third-order valence-corrected chi connectivity index (χ3v) is 6.54. The van der Waals surface area contributed by atoms with Gasteiger partial charge in [-0.1, -0.05) is 29.3 Å². The molecule has 0 bridgehead atoms. The third kappa shape index (κ3) is 5.52. The molecule has 2 aliphatic carbocycles. The van der Waals surface area contributed by atoms with Crippen LogP contribution in [0.2, 0.25) is 10.0 Å². The number of nitrogens with one attached hydrogen (secondary N) is 4. The summed E-state index contributed by atoms with van der Waals surface area (Å²) in [5.41, 5.74) is 2.79. The Morgan fingerprint density at radius 1 is 1.28 bits per heavy atom. The van der Waals surface area contributed by atoms with Crippen molar-refractivity contribution in [2.24, 2.45) is 16.8 Å². The second kappa shape index (κ2) is 10.1. The molecule has 32 heavy (non-hydrogen) atoms. The molecular weight excluding hydrogens is 449 g/mol. The summed E-state index contributed by atoms with van der Waals surface area (Å²) in [6, 6.07) is 5.16. The molecule has 1 unspecified atom stereocenters. The van der Waals surface area contributed by atoms with Gasteiger partial charge in [0.1, 0.15) is 18.2 Å². The number of halogens is 2. The van der Waals surface area contributed by atoms with Crippen molar-refractivity contribution in [1.82, 2.24) is 21.3 Å². The van der Waals surface area contributed by atoms with Crippen molar-refractivity contribution < 1.29 is 9.59 Å². The minimum absolute atomic E-state index is 0.0333. The Bertz CT molecular complexity index is 983. The smallest absolute Gasteiger partial charge is 0.237 e. The highest BCUT2D eigenvalue weighted by atomic mass is 35.5. The zero-order valence-corrected chi connectivity index (χ0v) is 19.3. The number of likely N-dealkylation sites (N-methyl/N-ethyl adjacent to an activating group) is 1. The van der Waals surface area contributed by atoms with Gasteiger partial charge in [-0.15, -0.1) is 0 Å². The van der Waals surface area contributed by atoms with Crippen molar-refractivity contribution in [3.05, 3.63) is 57.5 Å². The van der Waals surface area contributed by atoms with E-state index in [9.17, 15) is 9.59 Å². The van der Waals surface area contributed by atoms with E-state index in [1.54, 1.807) is 18.3 Å². The maximum absolute atomic E-state index is 12.0. The van der Waals surface area contributed by atoms with E-state index < -0.39 is 0 Å². The van der Waals surface area contributed by atoms with Crippen LogP contribution in [0.15, 0.2) is 46.9 Å². The standard InChI is InChI=1S/C13H16Cl2N2O.C10H11N3O/c1-16-12(8-2-3-8)13(18)17-7-9-4-5-10(14)6-11(9)15;14-5-7-3-11-10-9(7)13-8(4-12-10)6-1-2-6/h4-6,8,12,16H,2-3,7H2,1H3,(H,17,18);3-6,9,13H,1-2H2,(H,11,12)/t12-;/m1./s1. The summed E-state index contributed by atoms with van der Waals surface area (Å²) in [7, 11) is 1.82. The first kappa shape index (κ1) is 22.8. The molecule has 9 heteroatoms. The molecule has 1 amide bonds. The molecule has 2 atom stereocenters. The van der Waals surface area contributed by atoms with E-state index in [2.05, 4.69) is 26.3 Å². The van der Waals surface area contributed by atoms with Gasteiger partial charge in [0, 0.05) is 46.2 Å². The predicted octanol–water partition coefficient (Wildman–Crippen LogP) is 2.90. The SMILES string of the molecule is CN[C@@H](C(=O)NCc1ccc(Cl)cc1Cl)C1CC1.O=CC1=CN=C2NC=C(C3CC3)NC12. The van der Waals surface area contributed by atoms with Gasteiger partial charge >= 0.3 is 0 Å². The summed E-state index contributed by atoms with van der Waals surface area (Å²) in [5.74, 6) is 2.01. The van der Waals surface area contributed by atoms with Gasteiger partial charge in [-0.25, -0.2) is 4.99 Å². The highest BCUT2D eigenvalue weighted by molar-refractivity contribution is 6.35. The van der Waals surface area contributed by atoms with E-state index in [-0.39, 0.29) is 18.0 Å². The second-order valence-electron chi connectivity index (χ2n) is 8.41. The number of hydrogen-bond acceptors (Lipinski definition) is 6. The number of rotatable bonds is 7. The zero-order valence-electron chi connectivity index (χ0n) is 17.8. The molecule has 170 valence electrons. The molecule has 1 aromatic carbocycles. The number of aldehydes is 1. The number of benzene rings is 1. The van der Waals surface area contributed by atoms with Gasteiger partial charge in [0.2, 0.25) is 5.91 Å². The Hall–Kier alpha value is -2.35. The first-order valence-corrected chi connectivity index (χ1v) is 11.6. The first-order chi connectivity index (χ1) is 15.5. The van der Waals surface area contributed by atoms with Crippen LogP contribution in [-0.2, 0) is 16.1 Å². The number of hydrogen-bond donors (Lipinski definition) is 4. The fourth-order valence-corrected chi connectivity index (χ4v) is 4.25. The third-order valence-electron chi connectivity index (χ3n) is 5.95. The van der Waals surface area contributed by atoms with E-state index in [1.807, 2.05) is 19.3 Å². The van der Waals surface area contributed by atoms with Crippen molar-refractivity contribution in [2.45, 2.75) is 44.3 Å². The number of fused-ring (bicyclic) bond motifs is 1. The van der Waals surface area contributed by atoms with E-state index >= 15 is 0 Å². The Morgan fingerprint density at radius 3 is 2.69 bits per heavy atom. The normalized spacial score (nSPS) is 22.0. The molecule has 2 saturated carbocycles. The van der Waals surface area contributed by atoms with Crippen molar-refractivity contribution in [3.63, 3.8) is 0 Å². The number of allylic oxidation sites excluding steroid dienone is 1. The van der Waals surface area contributed by atoms with Gasteiger partial charge in [0.15, 0.2) is 0 Å². The quantitative estimate of drug-likeness (QED) is 0.454. The molecule has 2 heterocycles. The van der Waals surface area contributed by atoms with Crippen molar-refractivity contribution in [1.29, 1.82) is 0 Å². The van der Waals surface area contributed by atoms with Crippen molar-refractivity contribution in [3.8, 4) is 0 Å². The maximum Gasteiger partial charge on any atom is 0.237 e. The van der Waals surface area contributed by atoms with Gasteiger partial charge in [-0.05, 0) is 56.3 Å². The van der Waals surface area contributed by atoms with Crippen LogP contribution in [0.1, 0.15) is 31.2 Å². The lowest BCUT2D eigenvalue weighted by atomic mass is 10.1. The van der Waals surface area contributed by atoms with Crippen LogP contribution in [-0.4, -0.2) is 37.2 Å². The molecule has 4 N–H and O–H groups in total. The summed E-state index contributed by atoms with van der Waals surface area (Å²) in [4.78, 5) is 26.8. The molecular formula is C23H27Cl2N5O2. The summed E-state index contributed by atoms with van der Waals surface area (Å²) >= 11 is 11.9. The Morgan fingerprint density at radius 2 is 2.06 bits per heavy atom. The molecule has 0 saturated heterocycles. The lowest BCUT2D eigenvalue weighted by Gasteiger charge is -2.24. The van der Waals surface area contributed by atoms with Crippen LogP contribution in [0.3, 0.4) is 0 Å². The molecule has 0 radical (unpaired) electrons. The fourth-order valence-electron chi connectivity index (χ4n) is 3.78. The number of nitrogens with zero attached hydrogens (tertiary/aromatic N) is 1. The van der Waals surface area contributed by atoms with Crippen molar-refractivity contribution in [2.75, 3.05) is 7.05 Å². The highest BCUT2D eigenvalue weighted by Crippen LogP contribution is 2.36. The summed E-state index contributed by atoms with van der Waals surface area (Å²) in [6.07, 6.45) is 9.21. The summed E-state index contributed by atoms with van der Waals surface area (Å²) < 4.78 is 0. The van der Waals surface area contributed by atoms with Gasteiger partial charge in [-0.2, -0.15) is 0 Å². The molecule has 2 fully saturated rings. The zero-order chi connectivity index (χ0) is 22.7. The average molecular weight is 476 g/mol.